The summed E-state index contributed by atoms with van der Waals surface area (Å²) >= 11 is 2.04. The second kappa shape index (κ2) is 1.16. The minimum atomic E-state index is 0.685. The minimum absolute atomic E-state index is 0.685. The molecule has 0 aliphatic carbocycles. The molecule has 0 N–H and O–H groups in total. The summed E-state index contributed by atoms with van der Waals surface area (Å²) in [5.41, 5.74) is 0.685. The zero-order valence-corrected chi connectivity index (χ0v) is 5.14. The fourth-order valence-electron chi connectivity index (χ4n) is 0.510. The van der Waals surface area contributed by atoms with Gasteiger partial charge in [0.25, 0.3) is 0 Å². The van der Waals surface area contributed by atoms with E-state index in [0.29, 0.717) is 5.41 Å². The molecule has 1 aliphatic heterocycles. The summed E-state index contributed by atoms with van der Waals surface area (Å²) in [6.07, 6.45) is 0. The lowest BCUT2D eigenvalue weighted by molar-refractivity contribution is 0.462. The molecule has 0 bridgehead atoms. The maximum absolute atomic E-state index is 2.31. The SMILES string of the molecule is CC1(C)CSC1. The van der Waals surface area contributed by atoms with Crippen LogP contribution in [0.3, 0.4) is 0 Å². The van der Waals surface area contributed by atoms with E-state index in [1.807, 2.05) is 11.8 Å². The number of thioether (sulfide) groups is 1. The normalized spacial score (nSPS) is 29.0. The van der Waals surface area contributed by atoms with Gasteiger partial charge in [0.2, 0.25) is 0 Å². The van der Waals surface area contributed by atoms with Crippen LogP contribution in [0.2, 0.25) is 0 Å². The highest BCUT2D eigenvalue weighted by Gasteiger charge is 2.25. The summed E-state index contributed by atoms with van der Waals surface area (Å²) in [6.45, 7) is 4.62. The molecule has 0 aromatic rings. The van der Waals surface area contributed by atoms with Crippen molar-refractivity contribution in [1.29, 1.82) is 0 Å². The lowest BCUT2D eigenvalue weighted by atomic mass is 9.99. The molecule has 36 valence electrons. The molecule has 0 aromatic carbocycles. The molecule has 6 heavy (non-hydrogen) atoms. The van der Waals surface area contributed by atoms with Crippen molar-refractivity contribution < 1.29 is 0 Å². The highest BCUT2D eigenvalue weighted by molar-refractivity contribution is 8.00. The van der Waals surface area contributed by atoms with E-state index >= 15 is 0 Å². The van der Waals surface area contributed by atoms with E-state index in [0.717, 1.165) is 0 Å². The van der Waals surface area contributed by atoms with E-state index in [4.69, 9.17) is 0 Å². The standard InChI is InChI=1S/C5H10S/c1-5(2)3-6-4-5/h3-4H2,1-2H3. The van der Waals surface area contributed by atoms with Crippen LogP contribution >= 0.6 is 11.8 Å². The van der Waals surface area contributed by atoms with Gasteiger partial charge in [0, 0.05) is 0 Å². The second-order valence-corrected chi connectivity index (χ2v) is 3.64. The van der Waals surface area contributed by atoms with Gasteiger partial charge < -0.3 is 0 Å². The molecule has 0 aromatic heterocycles. The average Bonchev–Trinajstić information content (AvgIpc) is 1.32. The first kappa shape index (κ1) is 4.51. The van der Waals surface area contributed by atoms with Crippen molar-refractivity contribution >= 4 is 11.8 Å². The lowest BCUT2D eigenvalue weighted by Gasteiger charge is -2.32. The third-order valence-electron chi connectivity index (χ3n) is 0.986. The van der Waals surface area contributed by atoms with Gasteiger partial charge >= 0.3 is 0 Å². The van der Waals surface area contributed by atoms with Crippen molar-refractivity contribution in [2.45, 2.75) is 13.8 Å². The molecule has 0 unspecified atom stereocenters. The van der Waals surface area contributed by atoms with Crippen molar-refractivity contribution in [2.24, 2.45) is 5.41 Å². The van der Waals surface area contributed by atoms with E-state index in [1.165, 1.54) is 11.5 Å². The average molecular weight is 102 g/mol. The third kappa shape index (κ3) is 0.700. The summed E-state index contributed by atoms with van der Waals surface area (Å²) in [7, 11) is 0. The Labute approximate surface area is 43.3 Å². The molecule has 1 aliphatic rings. The number of hydrogen-bond acceptors (Lipinski definition) is 1. The molecule has 0 nitrogen and oxygen atoms in total. The molecule has 0 radical (unpaired) electrons. The van der Waals surface area contributed by atoms with Gasteiger partial charge in [-0.3, -0.25) is 0 Å². The van der Waals surface area contributed by atoms with Crippen LogP contribution < -0.4 is 0 Å². The summed E-state index contributed by atoms with van der Waals surface area (Å²) in [4.78, 5) is 0. The first-order valence-electron chi connectivity index (χ1n) is 2.28. The van der Waals surface area contributed by atoms with Gasteiger partial charge in [-0.15, -0.1) is 0 Å². The fraction of sp³-hybridized carbons (Fsp3) is 1.00. The maximum atomic E-state index is 2.31. The van der Waals surface area contributed by atoms with Crippen molar-refractivity contribution in [1.82, 2.24) is 0 Å². The van der Waals surface area contributed by atoms with Gasteiger partial charge in [-0.2, -0.15) is 11.8 Å². The summed E-state index contributed by atoms with van der Waals surface area (Å²) in [6, 6.07) is 0. The third-order valence-corrected chi connectivity index (χ3v) is 2.96. The van der Waals surface area contributed by atoms with E-state index < -0.39 is 0 Å². The molecular weight excluding hydrogens is 92.1 g/mol. The van der Waals surface area contributed by atoms with Crippen molar-refractivity contribution in [2.75, 3.05) is 11.5 Å². The molecule has 1 saturated heterocycles. The Balaban J connectivity index is 2.31. The Morgan fingerprint density at radius 3 is 1.67 bits per heavy atom. The summed E-state index contributed by atoms with van der Waals surface area (Å²) < 4.78 is 0. The zero-order chi connectivity index (χ0) is 4.62. The van der Waals surface area contributed by atoms with Gasteiger partial charge in [0.1, 0.15) is 0 Å². The van der Waals surface area contributed by atoms with E-state index in [1.54, 1.807) is 0 Å². The Morgan fingerprint density at radius 2 is 1.67 bits per heavy atom. The van der Waals surface area contributed by atoms with Crippen molar-refractivity contribution in [3.8, 4) is 0 Å². The predicted molar refractivity (Wildman–Crippen MR) is 31.1 cm³/mol. The zero-order valence-electron chi connectivity index (χ0n) is 4.32. The quantitative estimate of drug-likeness (QED) is 0.449. The van der Waals surface area contributed by atoms with E-state index in [-0.39, 0.29) is 0 Å². The van der Waals surface area contributed by atoms with Gasteiger partial charge in [0.15, 0.2) is 0 Å². The highest BCUT2D eigenvalue weighted by Crippen LogP contribution is 2.35. The second-order valence-electron chi connectivity index (χ2n) is 2.66. The van der Waals surface area contributed by atoms with Crippen molar-refractivity contribution in [3.05, 3.63) is 0 Å². The number of rotatable bonds is 0. The van der Waals surface area contributed by atoms with Crippen LogP contribution in [0.25, 0.3) is 0 Å². The molecule has 1 heterocycles. The van der Waals surface area contributed by atoms with Gasteiger partial charge in [-0.1, -0.05) is 13.8 Å². The smallest absolute Gasteiger partial charge is 0.000799 e. The van der Waals surface area contributed by atoms with Crippen LogP contribution in [0.5, 0.6) is 0 Å². The monoisotopic (exact) mass is 102 g/mol. The first-order valence-corrected chi connectivity index (χ1v) is 3.44. The van der Waals surface area contributed by atoms with Gasteiger partial charge in [0.05, 0.1) is 0 Å². The Hall–Kier alpha value is 0.350. The van der Waals surface area contributed by atoms with Crippen LogP contribution in [0.15, 0.2) is 0 Å². The highest BCUT2D eigenvalue weighted by atomic mass is 32.2. The molecule has 1 heteroatoms. The van der Waals surface area contributed by atoms with Crippen LogP contribution in [0.4, 0.5) is 0 Å². The largest absolute Gasteiger partial charge is 0.161 e. The Kier molecular flexibility index (Phi) is 0.870. The number of hydrogen-bond donors (Lipinski definition) is 0. The van der Waals surface area contributed by atoms with Crippen LogP contribution in [-0.4, -0.2) is 11.5 Å². The molecule has 0 amide bonds. The summed E-state index contributed by atoms with van der Waals surface area (Å²) in [5, 5.41) is 0. The van der Waals surface area contributed by atoms with Crippen molar-refractivity contribution in [3.63, 3.8) is 0 Å². The molecule has 0 atom stereocenters. The predicted octanol–water partition coefficient (Wildman–Crippen LogP) is 1.76. The molecule has 0 spiro atoms. The summed E-state index contributed by atoms with van der Waals surface area (Å²) in [5.74, 6) is 2.74. The first-order chi connectivity index (χ1) is 2.71. The van der Waals surface area contributed by atoms with Crippen LogP contribution in [0.1, 0.15) is 13.8 Å². The van der Waals surface area contributed by atoms with Crippen LogP contribution in [0, 0.1) is 5.41 Å². The maximum Gasteiger partial charge on any atom is -0.000799 e. The molecule has 1 rings (SSSR count). The van der Waals surface area contributed by atoms with E-state index in [9.17, 15) is 0 Å². The molecule has 0 saturated carbocycles. The lowest BCUT2D eigenvalue weighted by Crippen LogP contribution is -2.27. The minimum Gasteiger partial charge on any atom is -0.161 e. The van der Waals surface area contributed by atoms with Crippen LogP contribution in [-0.2, 0) is 0 Å². The molecular formula is C5H10S. The van der Waals surface area contributed by atoms with Gasteiger partial charge in [-0.05, 0) is 16.9 Å². The topological polar surface area (TPSA) is 0 Å². The Bertz CT molecular complexity index is 51.0. The van der Waals surface area contributed by atoms with Gasteiger partial charge in [-0.25, -0.2) is 0 Å². The fourth-order valence-corrected chi connectivity index (χ4v) is 1.53. The van der Waals surface area contributed by atoms with E-state index in [2.05, 4.69) is 13.8 Å². The molecule has 1 fully saturated rings. The Morgan fingerprint density at radius 1 is 1.33 bits per heavy atom.